The highest BCUT2D eigenvalue weighted by Gasteiger charge is 2.14. The number of hydrogen-bond donors (Lipinski definition) is 2. The molecule has 1 aromatic heterocycles. The Morgan fingerprint density at radius 2 is 1.97 bits per heavy atom. The Labute approximate surface area is 180 Å². The van der Waals surface area contributed by atoms with Crippen LogP contribution in [0.4, 0.5) is 11.4 Å². The fraction of sp³-hybridized carbons (Fsp3) is 0.333. The van der Waals surface area contributed by atoms with Gasteiger partial charge in [-0.05, 0) is 49.1 Å². The number of aromatic nitrogens is 1. The molecule has 4 aromatic rings. The van der Waals surface area contributed by atoms with E-state index in [9.17, 15) is 4.79 Å². The molecular weight excluding hydrogens is 398 g/mol. The van der Waals surface area contributed by atoms with Crippen molar-refractivity contribution in [2.24, 2.45) is 5.92 Å². The number of halogens is 1. The molecule has 0 aliphatic heterocycles. The molecule has 0 spiro atoms. The van der Waals surface area contributed by atoms with Crippen molar-refractivity contribution in [3.05, 3.63) is 52.7 Å². The average Bonchev–Trinajstić information content (AvgIpc) is 2.72. The minimum Gasteiger partial charge on any atom is -0.452 e. The number of nitrogens with zero attached hydrogens (tertiary/aromatic N) is 1. The van der Waals surface area contributed by atoms with Crippen molar-refractivity contribution in [1.82, 2.24) is 4.98 Å². The molecule has 0 radical (unpaired) electrons. The fourth-order valence-electron chi connectivity index (χ4n) is 3.66. The normalized spacial score (nSPS) is 11.7. The average molecular weight is 425 g/mol. The molecule has 1 heterocycles. The van der Waals surface area contributed by atoms with E-state index in [0.717, 1.165) is 59.1 Å². The molecular formula is C24H27ClN3O2+. The van der Waals surface area contributed by atoms with E-state index in [1.807, 2.05) is 30.3 Å². The second-order valence-corrected chi connectivity index (χ2v) is 8.44. The van der Waals surface area contributed by atoms with Gasteiger partial charge in [-0.3, -0.25) is 4.79 Å². The molecule has 0 amide bonds. The molecule has 0 bridgehead atoms. The van der Waals surface area contributed by atoms with Crippen LogP contribution in [0.2, 0.25) is 0 Å². The monoisotopic (exact) mass is 424 g/mol. The number of nitrogens with two attached hydrogens (primary N) is 1. The third kappa shape index (κ3) is 4.42. The Kier molecular flexibility index (Phi) is 6.21. The summed E-state index contributed by atoms with van der Waals surface area (Å²) in [4.78, 5) is 16.9. The summed E-state index contributed by atoms with van der Waals surface area (Å²) in [5.74, 6) is 1.27. The lowest BCUT2D eigenvalue weighted by Gasteiger charge is -2.10. The van der Waals surface area contributed by atoms with Crippen LogP contribution in [-0.4, -0.2) is 24.0 Å². The molecule has 0 atom stereocenters. The zero-order valence-electron chi connectivity index (χ0n) is 17.4. The molecule has 0 saturated carbocycles. The number of rotatable bonds is 8. The van der Waals surface area contributed by atoms with Crippen molar-refractivity contribution in [2.75, 3.05) is 24.3 Å². The van der Waals surface area contributed by atoms with E-state index in [4.69, 9.17) is 21.0 Å². The first kappa shape index (κ1) is 20.6. The van der Waals surface area contributed by atoms with Gasteiger partial charge in [-0.25, -0.2) is 4.98 Å². The van der Waals surface area contributed by atoms with E-state index in [-0.39, 0.29) is 5.43 Å². The predicted molar refractivity (Wildman–Crippen MR) is 125 cm³/mol. The number of fused-ring (bicyclic) bond motifs is 4. The number of nitrogens with one attached hydrogen (secondary N) is 1. The summed E-state index contributed by atoms with van der Waals surface area (Å²) in [6.45, 7) is 6.23. The number of hydrogen-bond acceptors (Lipinski definition) is 4. The lowest BCUT2D eigenvalue weighted by molar-refractivity contribution is -0.571. The quantitative estimate of drug-likeness (QED) is 0.140. The molecule has 0 fully saturated rings. The van der Waals surface area contributed by atoms with Gasteiger partial charge in [0.05, 0.1) is 6.54 Å². The minimum absolute atomic E-state index is 0.0242. The summed E-state index contributed by atoms with van der Waals surface area (Å²) in [5.41, 5.74) is 4.92. The maximum Gasteiger partial charge on any atom is 0.179 e. The number of benzene rings is 3. The topological polar surface area (TPSA) is 71.7 Å². The summed E-state index contributed by atoms with van der Waals surface area (Å²) in [6.07, 6.45) is 2.01. The highest BCUT2D eigenvalue weighted by molar-refractivity contribution is 6.17. The lowest BCUT2D eigenvalue weighted by atomic mass is 10.1. The molecule has 4 rings (SSSR count). The van der Waals surface area contributed by atoms with Crippen LogP contribution in [0.3, 0.4) is 0 Å². The third-order valence-corrected chi connectivity index (χ3v) is 5.50. The summed E-state index contributed by atoms with van der Waals surface area (Å²) >= 11 is 5.76. The molecule has 156 valence electrons. The van der Waals surface area contributed by atoms with Gasteiger partial charge in [0.15, 0.2) is 16.6 Å². The minimum atomic E-state index is -0.0242. The number of alkyl halides is 1. The first-order valence-corrected chi connectivity index (χ1v) is 11.0. The molecule has 5 nitrogen and oxygen atoms in total. The van der Waals surface area contributed by atoms with Gasteiger partial charge in [-0.15, -0.1) is 11.6 Å². The van der Waals surface area contributed by atoms with Crippen molar-refractivity contribution < 1.29 is 9.73 Å². The zero-order valence-corrected chi connectivity index (χ0v) is 18.1. The van der Waals surface area contributed by atoms with Crippen molar-refractivity contribution in [1.29, 1.82) is 0 Å². The van der Waals surface area contributed by atoms with Crippen LogP contribution in [0.15, 0.2) is 51.7 Å². The van der Waals surface area contributed by atoms with E-state index in [1.54, 1.807) is 12.1 Å². The van der Waals surface area contributed by atoms with Gasteiger partial charge in [0.1, 0.15) is 16.7 Å². The van der Waals surface area contributed by atoms with Gasteiger partial charge >= 0.3 is 0 Å². The van der Waals surface area contributed by atoms with Crippen molar-refractivity contribution >= 4 is 55.9 Å². The summed E-state index contributed by atoms with van der Waals surface area (Å²) < 4.78 is 6.26. The van der Waals surface area contributed by atoms with Crippen LogP contribution >= 0.6 is 11.6 Å². The maximum atomic E-state index is 12.1. The van der Waals surface area contributed by atoms with Gasteiger partial charge in [-0.1, -0.05) is 13.8 Å². The van der Waals surface area contributed by atoms with Crippen LogP contribution in [0.1, 0.15) is 26.7 Å². The summed E-state index contributed by atoms with van der Waals surface area (Å²) in [5, 5.41) is 7.46. The van der Waals surface area contributed by atoms with Gasteiger partial charge in [0.25, 0.3) is 0 Å². The highest BCUT2D eigenvalue weighted by atomic mass is 35.5. The highest BCUT2D eigenvalue weighted by Crippen LogP contribution is 2.31. The Morgan fingerprint density at radius 3 is 2.77 bits per heavy atom. The molecule has 3 N–H and O–H groups in total. The van der Waals surface area contributed by atoms with Crippen LogP contribution < -0.4 is 16.1 Å². The Bertz CT molecular complexity index is 1250. The van der Waals surface area contributed by atoms with E-state index in [1.165, 1.54) is 0 Å². The molecule has 30 heavy (non-hydrogen) atoms. The lowest BCUT2D eigenvalue weighted by Crippen LogP contribution is -2.78. The smallest absolute Gasteiger partial charge is 0.179 e. The van der Waals surface area contributed by atoms with Crippen LogP contribution in [0.25, 0.3) is 33.0 Å². The van der Waals surface area contributed by atoms with E-state index in [2.05, 4.69) is 24.5 Å². The number of anilines is 1. The third-order valence-electron chi connectivity index (χ3n) is 5.24. The van der Waals surface area contributed by atoms with E-state index < -0.39 is 0 Å². The summed E-state index contributed by atoms with van der Waals surface area (Å²) in [7, 11) is 0. The predicted octanol–water partition coefficient (Wildman–Crippen LogP) is 4.78. The number of quaternary nitrogens is 1. The second-order valence-electron chi connectivity index (χ2n) is 8.06. The fourth-order valence-corrected chi connectivity index (χ4v) is 3.80. The van der Waals surface area contributed by atoms with E-state index in [0.29, 0.717) is 23.0 Å². The SMILES string of the molecule is CC(C)CC[NH2+]c1cc2oc3cc(NCCCCl)ccc3nc2c2cc(=O)ccc12. The standard InChI is InChI=1S/C24H26ClN3O2/c1-15(2)8-11-27-21-14-23-24(19-13-17(29)5-6-18(19)21)28-20-7-4-16(12-22(20)30-23)26-10-3-9-25/h4-7,12-15,26-27H,3,8-11H2,1-2H3/p+1. The van der Waals surface area contributed by atoms with Crippen LogP contribution in [0, 0.1) is 5.92 Å². The largest absolute Gasteiger partial charge is 0.452 e. The Balaban J connectivity index is 1.83. The van der Waals surface area contributed by atoms with Crippen LogP contribution in [0.5, 0.6) is 0 Å². The molecule has 0 aliphatic carbocycles. The van der Waals surface area contributed by atoms with Gasteiger partial charge in [0.2, 0.25) is 0 Å². The first-order chi connectivity index (χ1) is 14.5. The van der Waals surface area contributed by atoms with Crippen molar-refractivity contribution in [3.8, 4) is 0 Å². The summed E-state index contributed by atoms with van der Waals surface area (Å²) in [6, 6.07) is 13.1. The Hall–Kier alpha value is -2.63. The zero-order chi connectivity index (χ0) is 21.1. The second kappa shape index (κ2) is 9.02. The van der Waals surface area contributed by atoms with Gasteiger partial charge < -0.3 is 15.1 Å². The van der Waals surface area contributed by atoms with Crippen molar-refractivity contribution in [2.45, 2.75) is 26.7 Å². The first-order valence-electron chi connectivity index (χ1n) is 10.5. The molecule has 6 heteroatoms. The van der Waals surface area contributed by atoms with E-state index >= 15 is 0 Å². The maximum absolute atomic E-state index is 12.1. The van der Waals surface area contributed by atoms with Crippen LogP contribution in [-0.2, 0) is 0 Å². The molecule has 3 aromatic carbocycles. The molecule has 0 unspecified atom stereocenters. The molecule has 0 saturated heterocycles. The Morgan fingerprint density at radius 1 is 1.10 bits per heavy atom. The molecule has 0 aliphatic rings. The van der Waals surface area contributed by atoms with Gasteiger partial charge in [-0.2, -0.15) is 0 Å². The van der Waals surface area contributed by atoms with Crippen molar-refractivity contribution in [3.63, 3.8) is 0 Å². The van der Waals surface area contributed by atoms with Gasteiger partial charge in [0, 0.05) is 41.0 Å².